The first kappa shape index (κ1) is 18.8. The average Bonchev–Trinajstić information content (AvgIpc) is 2.77. The van der Waals surface area contributed by atoms with Crippen LogP contribution in [0.2, 0.25) is 0 Å². The zero-order valence-electron chi connectivity index (χ0n) is 10.9. The van der Waals surface area contributed by atoms with Gasteiger partial charge in [-0.05, 0) is 19.8 Å². The fourth-order valence-corrected chi connectivity index (χ4v) is 1.65. The van der Waals surface area contributed by atoms with Crippen LogP contribution in [0.5, 0.6) is 0 Å². The summed E-state index contributed by atoms with van der Waals surface area (Å²) in [5.41, 5.74) is 0. The molecule has 0 aromatic rings. The molecule has 19 heavy (non-hydrogen) atoms. The second-order valence-electron chi connectivity index (χ2n) is 4.15. The number of halogens is 4. The van der Waals surface area contributed by atoms with Crippen LogP contribution in [-0.2, 0) is 4.74 Å². The Bertz CT molecular complexity index is 268. The Balaban J connectivity index is 0.00000324. The van der Waals surface area contributed by atoms with Crippen LogP contribution in [0.4, 0.5) is 13.2 Å². The van der Waals surface area contributed by atoms with Crippen LogP contribution >= 0.6 is 24.0 Å². The van der Waals surface area contributed by atoms with Crippen molar-refractivity contribution in [1.82, 2.24) is 10.6 Å². The summed E-state index contributed by atoms with van der Waals surface area (Å²) in [6.07, 6.45) is -2.91. The molecule has 0 bridgehead atoms. The first-order valence-corrected chi connectivity index (χ1v) is 6.22. The lowest BCUT2D eigenvalue weighted by atomic mass is 10.2. The van der Waals surface area contributed by atoms with Crippen molar-refractivity contribution in [3.05, 3.63) is 0 Å². The summed E-state index contributed by atoms with van der Waals surface area (Å²) in [5, 5.41) is 5.57. The Morgan fingerprint density at radius 2 is 2.11 bits per heavy atom. The zero-order chi connectivity index (χ0) is 13.4. The molecule has 0 aromatic heterocycles. The molecule has 0 saturated carbocycles. The fraction of sp³-hybridized carbons (Fsp3) is 0.909. The minimum absolute atomic E-state index is 0. The zero-order valence-corrected chi connectivity index (χ0v) is 13.3. The molecule has 4 nitrogen and oxygen atoms in total. The molecular weight excluding hydrogens is 374 g/mol. The third-order valence-corrected chi connectivity index (χ3v) is 2.52. The molecule has 1 fully saturated rings. The van der Waals surface area contributed by atoms with Gasteiger partial charge in [0.2, 0.25) is 0 Å². The van der Waals surface area contributed by atoms with Gasteiger partial charge in [-0.1, -0.05) is 0 Å². The third-order valence-electron chi connectivity index (χ3n) is 2.52. The van der Waals surface area contributed by atoms with Gasteiger partial charge in [0.05, 0.1) is 19.1 Å². The maximum Gasteiger partial charge on any atom is 0.390 e. The van der Waals surface area contributed by atoms with Crippen LogP contribution in [0.25, 0.3) is 0 Å². The molecule has 0 aromatic carbocycles. The summed E-state index contributed by atoms with van der Waals surface area (Å²) in [6, 6.07) is 0. The van der Waals surface area contributed by atoms with E-state index in [0.717, 1.165) is 19.4 Å². The van der Waals surface area contributed by atoms with Crippen LogP contribution < -0.4 is 10.6 Å². The molecule has 1 rings (SSSR count). The van der Waals surface area contributed by atoms with Gasteiger partial charge < -0.3 is 15.4 Å². The molecule has 1 unspecified atom stereocenters. The lowest BCUT2D eigenvalue weighted by Gasteiger charge is -2.13. The second-order valence-corrected chi connectivity index (χ2v) is 4.15. The molecule has 0 amide bonds. The summed E-state index contributed by atoms with van der Waals surface area (Å²) < 4.78 is 41.4. The Labute approximate surface area is 128 Å². The highest BCUT2D eigenvalue weighted by Crippen LogP contribution is 2.18. The van der Waals surface area contributed by atoms with E-state index in [9.17, 15) is 13.2 Å². The maximum absolute atomic E-state index is 12.0. The minimum Gasteiger partial charge on any atom is -0.376 e. The van der Waals surface area contributed by atoms with Crippen molar-refractivity contribution in [2.24, 2.45) is 4.99 Å². The van der Waals surface area contributed by atoms with E-state index >= 15 is 0 Å². The van der Waals surface area contributed by atoms with Crippen LogP contribution in [-0.4, -0.2) is 44.5 Å². The molecule has 1 aliphatic rings. The molecule has 0 radical (unpaired) electrons. The van der Waals surface area contributed by atoms with Gasteiger partial charge in [-0.15, -0.1) is 24.0 Å². The van der Waals surface area contributed by atoms with Gasteiger partial charge in [-0.3, -0.25) is 4.99 Å². The molecular formula is C11H21F3IN3O. The van der Waals surface area contributed by atoms with Crippen molar-refractivity contribution in [1.29, 1.82) is 0 Å². The molecule has 1 saturated heterocycles. The number of aliphatic imine (C=N–C) groups is 1. The Kier molecular flexibility index (Phi) is 9.50. The van der Waals surface area contributed by atoms with E-state index in [-0.39, 0.29) is 36.6 Å². The highest BCUT2D eigenvalue weighted by atomic mass is 127. The summed E-state index contributed by atoms with van der Waals surface area (Å²) >= 11 is 0. The first-order valence-electron chi connectivity index (χ1n) is 6.22. The standard InChI is InChI=1S/C11H20F3N3O.HI/c1-2-15-10(16-6-5-11(12,13)14)17-8-9-4-3-7-18-9;/h9H,2-8H2,1H3,(H2,15,16,17);1H. The van der Waals surface area contributed by atoms with E-state index in [1.165, 1.54) is 0 Å². The number of nitrogens with one attached hydrogen (secondary N) is 2. The van der Waals surface area contributed by atoms with Crippen molar-refractivity contribution in [2.45, 2.75) is 38.5 Å². The molecule has 0 spiro atoms. The topological polar surface area (TPSA) is 45.7 Å². The van der Waals surface area contributed by atoms with Crippen molar-refractivity contribution in [3.8, 4) is 0 Å². The van der Waals surface area contributed by atoms with Crippen LogP contribution in [0.15, 0.2) is 4.99 Å². The minimum atomic E-state index is -4.14. The van der Waals surface area contributed by atoms with Gasteiger partial charge in [0.15, 0.2) is 5.96 Å². The molecule has 114 valence electrons. The Morgan fingerprint density at radius 1 is 1.37 bits per heavy atom. The SMILES string of the molecule is CCNC(=NCC1CCCO1)NCCC(F)(F)F.I. The summed E-state index contributed by atoms with van der Waals surface area (Å²) in [4.78, 5) is 4.22. The lowest BCUT2D eigenvalue weighted by molar-refractivity contribution is -0.132. The van der Waals surface area contributed by atoms with Gasteiger partial charge in [0, 0.05) is 19.7 Å². The number of hydrogen-bond acceptors (Lipinski definition) is 2. The molecule has 1 heterocycles. The monoisotopic (exact) mass is 395 g/mol. The van der Waals surface area contributed by atoms with E-state index in [0.29, 0.717) is 19.0 Å². The normalized spacial score (nSPS) is 20.0. The summed E-state index contributed by atoms with van der Waals surface area (Å²) in [7, 11) is 0. The number of rotatable bonds is 5. The summed E-state index contributed by atoms with van der Waals surface area (Å²) in [6.45, 7) is 3.55. The number of guanidine groups is 1. The van der Waals surface area contributed by atoms with Gasteiger partial charge in [0.1, 0.15) is 0 Å². The third kappa shape index (κ3) is 9.31. The van der Waals surface area contributed by atoms with Gasteiger partial charge in [-0.25, -0.2) is 0 Å². The number of ether oxygens (including phenoxy) is 1. The van der Waals surface area contributed by atoms with Gasteiger partial charge in [0.25, 0.3) is 0 Å². The van der Waals surface area contributed by atoms with Crippen LogP contribution in [0.3, 0.4) is 0 Å². The van der Waals surface area contributed by atoms with Crippen molar-refractivity contribution in [3.63, 3.8) is 0 Å². The number of hydrogen-bond donors (Lipinski definition) is 2. The van der Waals surface area contributed by atoms with Crippen molar-refractivity contribution in [2.75, 3.05) is 26.2 Å². The predicted molar refractivity (Wildman–Crippen MR) is 79.0 cm³/mol. The van der Waals surface area contributed by atoms with E-state index in [4.69, 9.17) is 4.74 Å². The number of nitrogens with zero attached hydrogens (tertiary/aromatic N) is 1. The van der Waals surface area contributed by atoms with Crippen molar-refractivity contribution >= 4 is 29.9 Å². The molecule has 1 aliphatic heterocycles. The molecule has 0 aliphatic carbocycles. The molecule has 8 heteroatoms. The lowest BCUT2D eigenvalue weighted by Crippen LogP contribution is -2.39. The highest BCUT2D eigenvalue weighted by molar-refractivity contribution is 14.0. The van der Waals surface area contributed by atoms with Gasteiger partial charge >= 0.3 is 6.18 Å². The van der Waals surface area contributed by atoms with E-state index < -0.39 is 12.6 Å². The second kappa shape index (κ2) is 9.62. The average molecular weight is 395 g/mol. The van der Waals surface area contributed by atoms with E-state index in [1.54, 1.807) is 0 Å². The first-order chi connectivity index (χ1) is 8.51. The largest absolute Gasteiger partial charge is 0.390 e. The smallest absolute Gasteiger partial charge is 0.376 e. The van der Waals surface area contributed by atoms with Gasteiger partial charge in [-0.2, -0.15) is 13.2 Å². The molecule has 1 atom stereocenters. The van der Waals surface area contributed by atoms with E-state index in [2.05, 4.69) is 15.6 Å². The maximum atomic E-state index is 12.0. The van der Waals surface area contributed by atoms with E-state index in [1.807, 2.05) is 6.92 Å². The fourth-order valence-electron chi connectivity index (χ4n) is 1.65. The number of alkyl halides is 3. The summed E-state index contributed by atoms with van der Waals surface area (Å²) in [5.74, 6) is 0.414. The van der Waals surface area contributed by atoms with Crippen molar-refractivity contribution < 1.29 is 17.9 Å². The predicted octanol–water partition coefficient (Wildman–Crippen LogP) is 2.29. The quantitative estimate of drug-likeness (QED) is 0.427. The Morgan fingerprint density at radius 3 is 2.63 bits per heavy atom. The molecule has 2 N–H and O–H groups in total. The van der Waals surface area contributed by atoms with Crippen LogP contribution in [0, 0.1) is 0 Å². The highest BCUT2D eigenvalue weighted by Gasteiger charge is 2.26. The van der Waals surface area contributed by atoms with Crippen LogP contribution in [0.1, 0.15) is 26.2 Å². The Hall–Kier alpha value is -0.250.